The molecule has 2 saturated heterocycles. The van der Waals surface area contributed by atoms with Gasteiger partial charge >= 0.3 is 0 Å². The van der Waals surface area contributed by atoms with Crippen LogP contribution in [0.25, 0.3) is 0 Å². The van der Waals surface area contributed by atoms with Crippen molar-refractivity contribution < 1.29 is 0 Å². The van der Waals surface area contributed by atoms with E-state index in [-0.39, 0.29) is 0 Å². The molecule has 1 spiro atoms. The monoisotopic (exact) mass is 226 g/mol. The van der Waals surface area contributed by atoms with Crippen molar-refractivity contribution in [2.45, 2.75) is 71.4 Å². The summed E-state index contributed by atoms with van der Waals surface area (Å²) in [6.07, 6.45) is 7.03. The molecule has 2 nitrogen and oxygen atoms in total. The number of hydrogen-bond donors (Lipinski definition) is 1. The van der Waals surface area contributed by atoms with Crippen molar-refractivity contribution >= 4 is 0 Å². The SMILES string of the molecule is CC.CC(C)N1CCCCC12CCNCC2. The van der Waals surface area contributed by atoms with Gasteiger partial charge in [-0.25, -0.2) is 0 Å². The first-order valence-electron chi connectivity index (χ1n) is 7.22. The van der Waals surface area contributed by atoms with Gasteiger partial charge in [0.25, 0.3) is 0 Å². The largest absolute Gasteiger partial charge is 0.317 e. The first-order valence-corrected chi connectivity index (χ1v) is 7.22. The molecular weight excluding hydrogens is 196 g/mol. The van der Waals surface area contributed by atoms with Crippen molar-refractivity contribution in [3.05, 3.63) is 0 Å². The van der Waals surface area contributed by atoms with Crippen molar-refractivity contribution in [1.82, 2.24) is 10.2 Å². The summed E-state index contributed by atoms with van der Waals surface area (Å²) in [7, 11) is 0. The zero-order valence-electron chi connectivity index (χ0n) is 11.7. The Morgan fingerprint density at radius 1 is 1.00 bits per heavy atom. The molecule has 0 aromatic rings. The van der Waals surface area contributed by atoms with Crippen molar-refractivity contribution in [1.29, 1.82) is 0 Å². The Morgan fingerprint density at radius 3 is 2.19 bits per heavy atom. The number of rotatable bonds is 1. The van der Waals surface area contributed by atoms with E-state index in [1.165, 1.54) is 51.7 Å². The van der Waals surface area contributed by atoms with Crippen molar-refractivity contribution in [2.75, 3.05) is 19.6 Å². The van der Waals surface area contributed by atoms with Crippen LogP contribution in [0.1, 0.15) is 59.8 Å². The maximum Gasteiger partial charge on any atom is 0.0236 e. The summed E-state index contributed by atoms with van der Waals surface area (Å²) in [5.41, 5.74) is 0.567. The summed E-state index contributed by atoms with van der Waals surface area (Å²) < 4.78 is 0. The fourth-order valence-corrected chi connectivity index (χ4v) is 3.35. The number of likely N-dealkylation sites (tertiary alicyclic amines) is 1. The molecular formula is C14H30N2. The average Bonchev–Trinajstić information content (AvgIpc) is 2.33. The minimum atomic E-state index is 0.567. The lowest BCUT2D eigenvalue weighted by Gasteiger charge is -2.51. The van der Waals surface area contributed by atoms with Gasteiger partial charge in [-0.15, -0.1) is 0 Å². The Labute approximate surface area is 102 Å². The predicted octanol–water partition coefficient (Wildman–Crippen LogP) is 3.03. The quantitative estimate of drug-likeness (QED) is 0.739. The van der Waals surface area contributed by atoms with Gasteiger partial charge in [-0.3, -0.25) is 4.90 Å². The second kappa shape index (κ2) is 6.61. The van der Waals surface area contributed by atoms with Gasteiger partial charge < -0.3 is 5.32 Å². The average molecular weight is 226 g/mol. The van der Waals surface area contributed by atoms with Gasteiger partial charge in [-0.05, 0) is 59.2 Å². The van der Waals surface area contributed by atoms with E-state index >= 15 is 0 Å². The third-order valence-electron chi connectivity index (χ3n) is 4.06. The molecule has 0 amide bonds. The van der Waals surface area contributed by atoms with Crippen LogP contribution in [0.2, 0.25) is 0 Å². The van der Waals surface area contributed by atoms with Crippen LogP contribution in [-0.4, -0.2) is 36.1 Å². The van der Waals surface area contributed by atoms with Gasteiger partial charge in [0.1, 0.15) is 0 Å². The Bertz CT molecular complexity index is 175. The summed E-state index contributed by atoms with van der Waals surface area (Å²) >= 11 is 0. The van der Waals surface area contributed by atoms with Crippen LogP contribution in [0.4, 0.5) is 0 Å². The fourth-order valence-electron chi connectivity index (χ4n) is 3.35. The van der Waals surface area contributed by atoms with Gasteiger partial charge in [0.05, 0.1) is 0 Å². The predicted molar refractivity (Wildman–Crippen MR) is 71.9 cm³/mol. The maximum atomic E-state index is 3.49. The Balaban J connectivity index is 0.000000606. The van der Waals surface area contributed by atoms with Crippen LogP contribution >= 0.6 is 0 Å². The van der Waals surface area contributed by atoms with Gasteiger partial charge in [0.15, 0.2) is 0 Å². The van der Waals surface area contributed by atoms with E-state index in [0.717, 1.165) is 6.04 Å². The van der Waals surface area contributed by atoms with Crippen LogP contribution in [0, 0.1) is 0 Å². The van der Waals surface area contributed by atoms with Crippen LogP contribution in [0.3, 0.4) is 0 Å². The molecule has 2 aliphatic rings. The van der Waals surface area contributed by atoms with E-state index in [4.69, 9.17) is 0 Å². The van der Waals surface area contributed by atoms with Crippen LogP contribution in [0.5, 0.6) is 0 Å². The smallest absolute Gasteiger partial charge is 0.0236 e. The lowest BCUT2D eigenvalue weighted by atomic mass is 9.78. The summed E-state index contributed by atoms with van der Waals surface area (Å²) in [5, 5.41) is 3.49. The third kappa shape index (κ3) is 2.98. The number of piperidine rings is 2. The summed E-state index contributed by atoms with van der Waals surface area (Å²) in [4.78, 5) is 2.78. The zero-order valence-corrected chi connectivity index (χ0v) is 11.7. The van der Waals surface area contributed by atoms with Crippen LogP contribution in [-0.2, 0) is 0 Å². The highest BCUT2D eigenvalue weighted by molar-refractivity contribution is 4.97. The Kier molecular flexibility index (Phi) is 5.77. The lowest BCUT2D eigenvalue weighted by molar-refractivity contribution is -0.00336. The first-order chi connectivity index (χ1) is 7.75. The molecule has 0 atom stereocenters. The van der Waals surface area contributed by atoms with Crippen LogP contribution < -0.4 is 5.32 Å². The standard InChI is InChI=1S/C12H24N2.C2H6/c1-11(2)14-10-4-3-5-12(14)6-8-13-9-7-12;1-2/h11,13H,3-10H2,1-2H3;1-2H3. The van der Waals surface area contributed by atoms with E-state index in [9.17, 15) is 0 Å². The number of nitrogens with zero attached hydrogens (tertiary/aromatic N) is 1. The number of nitrogens with one attached hydrogen (secondary N) is 1. The van der Waals surface area contributed by atoms with Gasteiger partial charge in [0.2, 0.25) is 0 Å². The molecule has 0 saturated carbocycles. The second-order valence-electron chi connectivity index (χ2n) is 5.22. The summed E-state index contributed by atoms with van der Waals surface area (Å²) in [5.74, 6) is 0. The molecule has 0 aliphatic carbocycles. The third-order valence-corrected chi connectivity index (χ3v) is 4.06. The first kappa shape index (κ1) is 14.0. The van der Waals surface area contributed by atoms with Crippen molar-refractivity contribution in [2.24, 2.45) is 0 Å². The van der Waals surface area contributed by atoms with Crippen molar-refractivity contribution in [3.8, 4) is 0 Å². The van der Waals surface area contributed by atoms with E-state index in [1.54, 1.807) is 0 Å². The minimum Gasteiger partial charge on any atom is -0.317 e. The van der Waals surface area contributed by atoms with E-state index in [0.29, 0.717) is 5.54 Å². The zero-order chi connectivity index (χ0) is 12.0. The molecule has 2 heteroatoms. The molecule has 2 aliphatic heterocycles. The van der Waals surface area contributed by atoms with Gasteiger partial charge in [-0.1, -0.05) is 20.3 Å². The van der Waals surface area contributed by atoms with E-state index in [1.807, 2.05) is 13.8 Å². The maximum absolute atomic E-state index is 3.49. The molecule has 16 heavy (non-hydrogen) atoms. The summed E-state index contributed by atoms with van der Waals surface area (Å²) in [6, 6.07) is 0.730. The minimum absolute atomic E-state index is 0.567. The Morgan fingerprint density at radius 2 is 1.62 bits per heavy atom. The topological polar surface area (TPSA) is 15.3 Å². The molecule has 0 bridgehead atoms. The second-order valence-corrected chi connectivity index (χ2v) is 5.22. The summed E-state index contributed by atoms with van der Waals surface area (Å²) in [6.45, 7) is 12.5. The molecule has 0 aromatic carbocycles. The molecule has 1 N–H and O–H groups in total. The Hall–Kier alpha value is -0.0800. The van der Waals surface area contributed by atoms with Crippen molar-refractivity contribution in [3.63, 3.8) is 0 Å². The highest BCUT2D eigenvalue weighted by Crippen LogP contribution is 2.36. The highest BCUT2D eigenvalue weighted by atomic mass is 15.2. The molecule has 2 heterocycles. The highest BCUT2D eigenvalue weighted by Gasteiger charge is 2.40. The molecule has 2 rings (SSSR count). The molecule has 2 fully saturated rings. The molecule has 0 radical (unpaired) electrons. The molecule has 0 unspecified atom stereocenters. The molecule has 96 valence electrons. The van der Waals surface area contributed by atoms with Gasteiger partial charge in [0, 0.05) is 11.6 Å². The fraction of sp³-hybridized carbons (Fsp3) is 1.00. The van der Waals surface area contributed by atoms with Crippen LogP contribution in [0.15, 0.2) is 0 Å². The normalized spacial score (nSPS) is 25.3. The van der Waals surface area contributed by atoms with E-state index < -0.39 is 0 Å². The number of hydrogen-bond acceptors (Lipinski definition) is 2. The van der Waals surface area contributed by atoms with Gasteiger partial charge in [-0.2, -0.15) is 0 Å². The van der Waals surface area contributed by atoms with E-state index in [2.05, 4.69) is 24.1 Å². The molecule has 0 aromatic heterocycles. The lowest BCUT2D eigenvalue weighted by Crippen LogP contribution is -2.59.